The largest absolute Gasteiger partial charge is 0.298 e. The molecule has 0 radical (unpaired) electrons. The zero-order valence-electron chi connectivity index (χ0n) is 9.21. The van der Waals surface area contributed by atoms with Crippen molar-refractivity contribution in [2.75, 3.05) is 0 Å². The number of aryl methyl sites for hydroxylation is 1. The van der Waals surface area contributed by atoms with Gasteiger partial charge in [0.1, 0.15) is 12.1 Å². The predicted octanol–water partition coefficient (Wildman–Crippen LogP) is 4.38. The highest BCUT2D eigenvalue weighted by atomic mass is 79.9. The lowest BCUT2D eigenvalue weighted by Crippen LogP contribution is -1.90. The summed E-state index contributed by atoms with van der Waals surface area (Å²) in [5.41, 5.74) is 2.82. The Morgan fingerprint density at radius 1 is 1.12 bits per heavy atom. The number of hydrogen-bond acceptors (Lipinski definition) is 1. The molecule has 0 saturated carbocycles. The van der Waals surface area contributed by atoms with E-state index in [1.165, 1.54) is 6.07 Å². The molecule has 1 nitrogen and oxygen atoms in total. The lowest BCUT2D eigenvalue weighted by atomic mass is 9.98. The summed E-state index contributed by atoms with van der Waals surface area (Å²) in [5.74, 6) is -0.268. The van der Waals surface area contributed by atoms with Crippen LogP contribution in [-0.4, -0.2) is 6.29 Å². The number of benzene rings is 2. The van der Waals surface area contributed by atoms with Gasteiger partial charge < -0.3 is 0 Å². The molecule has 0 saturated heterocycles. The second-order valence-electron chi connectivity index (χ2n) is 3.82. The first-order chi connectivity index (χ1) is 8.11. The summed E-state index contributed by atoms with van der Waals surface area (Å²) in [6.07, 6.45) is 0.786. The minimum absolute atomic E-state index is 0.268. The monoisotopic (exact) mass is 292 g/mol. The second kappa shape index (κ2) is 4.80. The SMILES string of the molecule is Cc1cc(C=O)ccc1-c1cc(Br)ccc1F. The zero-order valence-corrected chi connectivity index (χ0v) is 10.8. The fraction of sp³-hybridized carbons (Fsp3) is 0.0714. The fourth-order valence-corrected chi connectivity index (χ4v) is 2.13. The van der Waals surface area contributed by atoms with E-state index in [0.717, 1.165) is 21.9 Å². The van der Waals surface area contributed by atoms with Crippen molar-refractivity contribution in [2.24, 2.45) is 0 Å². The van der Waals surface area contributed by atoms with Crippen LogP contribution in [0.4, 0.5) is 4.39 Å². The van der Waals surface area contributed by atoms with E-state index in [-0.39, 0.29) is 5.82 Å². The summed E-state index contributed by atoms with van der Waals surface area (Å²) in [5, 5.41) is 0. The summed E-state index contributed by atoms with van der Waals surface area (Å²) >= 11 is 3.32. The molecule has 0 aliphatic heterocycles. The quantitative estimate of drug-likeness (QED) is 0.751. The van der Waals surface area contributed by atoms with Gasteiger partial charge in [0.15, 0.2) is 0 Å². The van der Waals surface area contributed by atoms with Crippen LogP contribution in [0, 0.1) is 12.7 Å². The summed E-state index contributed by atoms with van der Waals surface area (Å²) in [4.78, 5) is 10.6. The number of aldehydes is 1. The highest BCUT2D eigenvalue weighted by Gasteiger charge is 2.08. The van der Waals surface area contributed by atoms with Gasteiger partial charge in [-0.25, -0.2) is 4.39 Å². The minimum atomic E-state index is -0.268. The molecule has 86 valence electrons. The second-order valence-corrected chi connectivity index (χ2v) is 4.73. The fourth-order valence-electron chi connectivity index (χ4n) is 1.77. The van der Waals surface area contributed by atoms with Crippen LogP contribution in [-0.2, 0) is 0 Å². The van der Waals surface area contributed by atoms with Crippen molar-refractivity contribution in [3.63, 3.8) is 0 Å². The Balaban J connectivity index is 2.60. The van der Waals surface area contributed by atoms with Crippen LogP contribution in [0.25, 0.3) is 11.1 Å². The van der Waals surface area contributed by atoms with E-state index >= 15 is 0 Å². The van der Waals surface area contributed by atoms with Gasteiger partial charge in [-0.15, -0.1) is 0 Å². The Bertz CT molecular complexity index is 578. The average Bonchev–Trinajstić information content (AvgIpc) is 2.32. The molecule has 0 N–H and O–H groups in total. The molecule has 2 rings (SSSR count). The van der Waals surface area contributed by atoms with E-state index in [1.807, 2.05) is 6.92 Å². The average molecular weight is 293 g/mol. The summed E-state index contributed by atoms with van der Waals surface area (Å²) in [6, 6.07) is 10.0. The molecule has 2 aromatic carbocycles. The Labute approximate surface area is 107 Å². The van der Waals surface area contributed by atoms with Gasteiger partial charge in [0.25, 0.3) is 0 Å². The van der Waals surface area contributed by atoms with E-state index in [4.69, 9.17) is 0 Å². The third-order valence-electron chi connectivity index (χ3n) is 2.61. The van der Waals surface area contributed by atoms with Crippen molar-refractivity contribution in [2.45, 2.75) is 6.92 Å². The lowest BCUT2D eigenvalue weighted by molar-refractivity contribution is 0.112. The van der Waals surface area contributed by atoms with Gasteiger partial charge in [-0.2, -0.15) is 0 Å². The topological polar surface area (TPSA) is 17.1 Å². The molecule has 0 spiro atoms. The molecule has 0 aliphatic carbocycles. The smallest absolute Gasteiger partial charge is 0.150 e. The van der Waals surface area contributed by atoms with Crippen LogP contribution in [0.15, 0.2) is 40.9 Å². The maximum Gasteiger partial charge on any atom is 0.150 e. The van der Waals surface area contributed by atoms with Crippen molar-refractivity contribution >= 4 is 22.2 Å². The van der Waals surface area contributed by atoms with Gasteiger partial charge in [-0.3, -0.25) is 4.79 Å². The van der Waals surface area contributed by atoms with Crippen LogP contribution in [0.5, 0.6) is 0 Å². The van der Waals surface area contributed by atoms with Gasteiger partial charge >= 0.3 is 0 Å². The first-order valence-electron chi connectivity index (χ1n) is 5.13. The van der Waals surface area contributed by atoms with Crippen molar-refractivity contribution in [3.8, 4) is 11.1 Å². The molecule has 0 fully saturated rings. The highest BCUT2D eigenvalue weighted by Crippen LogP contribution is 2.29. The van der Waals surface area contributed by atoms with Crippen molar-refractivity contribution in [1.82, 2.24) is 0 Å². The summed E-state index contributed by atoms with van der Waals surface area (Å²) in [6.45, 7) is 1.86. The third kappa shape index (κ3) is 2.44. The predicted molar refractivity (Wildman–Crippen MR) is 69.7 cm³/mol. The minimum Gasteiger partial charge on any atom is -0.298 e. The molecule has 0 bridgehead atoms. The molecule has 0 atom stereocenters. The summed E-state index contributed by atoms with van der Waals surface area (Å²) in [7, 11) is 0. The Hall–Kier alpha value is -1.48. The summed E-state index contributed by atoms with van der Waals surface area (Å²) < 4.78 is 14.6. The number of hydrogen-bond donors (Lipinski definition) is 0. The molecule has 0 unspecified atom stereocenters. The van der Waals surface area contributed by atoms with Gasteiger partial charge in [0.2, 0.25) is 0 Å². The van der Waals surface area contributed by atoms with Crippen LogP contribution < -0.4 is 0 Å². The molecule has 0 aromatic heterocycles. The molecular weight excluding hydrogens is 283 g/mol. The van der Waals surface area contributed by atoms with Gasteiger partial charge in [0.05, 0.1) is 0 Å². The molecular formula is C14H10BrFO. The number of carbonyl (C=O) groups is 1. The molecule has 3 heteroatoms. The van der Waals surface area contributed by atoms with Gasteiger partial charge in [-0.05, 0) is 42.3 Å². The molecule has 2 aromatic rings. The van der Waals surface area contributed by atoms with E-state index in [9.17, 15) is 9.18 Å². The van der Waals surface area contributed by atoms with Crippen LogP contribution in [0.3, 0.4) is 0 Å². The third-order valence-corrected chi connectivity index (χ3v) is 3.10. The number of rotatable bonds is 2. The highest BCUT2D eigenvalue weighted by molar-refractivity contribution is 9.10. The van der Waals surface area contributed by atoms with Gasteiger partial charge in [-0.1, -0.05) is 28.1 Å². The van der Waals surface area contributed by atoms with E-state index in [0.29, 0.717) is 11.1 Å². The normalized spacial score (nSPS) is 10.3. The van der Waals surface area contributed by atoms with Crippen molar-refractivity contribution < 1.29 is 9.18 Å². The van der Waals surface area contributed by atoms with E-state index in [1.54, 1.807) is 30.3 Å². The van der Waals surface area contributed by atoms with Crippen LogP contribution >= 0.6 is 15.9 Å². The number of carbonyl (C=O) groups excluding carboxylic acids is 1. The van der Waals surface area contributed by atoms with Crippen LogP contribution in [0.1, 0.15) is 15.9 Å². The maximum atomic E-state index is 13.7. The molecule has 0 heterocycles. The Kier molecular flexibility index (Phi) is 3.38. The standard InChI is InChI=1S/C14H10BrFO/c1-9-6-10(8-17)2-4-12(9)13-7-11(15)3-5-14(13)16/h2-8H,1H3. The molecule has 17 heavy (non-hydrogen) atoms. The number of halogens is 2. The first-order valence-corrected chi connectivity index (χ1v) is 5.92. The Morgan fingerprint density at radius 2 is 1.88 bits per heavy atom. The van der Waals surface area contributed by atoms with E-state index in [2.05, 4.69) is 15.9 Å². The Morgan fingerprint density at radius 3 is 2.53 bits per heavy atom. The van der Waals surface area contributed by atoms with Crippen molar-refractivity contribution in [1.29, 1.82) is 0 Å². The first kappa shape index (κ1) is 12.0. The van der Waals surface area contributed by atoms with Crippen LogP contribution in [0.2, 0.25) is 0 Å². The van der Waals surface area contributed by atoms with E-state index < -0.39 is 0 Å². The maximum absolute atomic E-state index is 13.7. The van der Waals surface area contributed by atoms with Crippen molar-refractivity contribution in [3.05, 3.63) is 57.8 Å². The zero-order chi connectivity index (χ0) is 12.4. The molecule has 0 amide bonds. The molecule has 0 aliphatic rings. The lowest BCUT2D eigenvalue weighted by Gasteiger charge is -2.08. The van der Waals surface area contributed by atoms with Gasteiger partial charge in [0, 0.05) is 15.6 Å².